The van der Waals surface area contributed by atoms with Gasteiger partial charge in [0.25, 0.3) is 5.91 Å². The normalized spacial score (nSPS) is 11.8. The number of nitrogens with one attached hydrogen (secondary N) is 2. The number of halogens is 1. The summed E-state index contributed by atoms with van der Waals surface area (Å²) in [6.45, 7) is 9.93. The molecule has 1 heterocycles. The van der Waals surface area contributed by atoms with Crippen LogP contribution in [0.1, 0.15) is 31.1 Å². The lowest BCUT2D eigenvalue weighted by Crippen LogP contribution is -2.16. The summed E-state index contributed by atoms with van der Waals surface area (Å²) in [6.07, 6.45) is 3.82. The number of benzene rings is 2. The molecular formula is C24H27BrN4O. The van der Waals surface area contributed by atoms with Crippen LogP contribution in [0.5, 0.6) is 0 Å². The largest absolute Gasteiger partial charge is 0.381 e. The molecule has 2 aromatic carbocycles. The van der Waals surface area contributed by atoms with Gasteiger partial charge in [-0.15, -0.1) is 0 Å². The molecule has 0 saturated heterocycles. The monoisotopic (exact) mass is 466 g/mol. The topological polar surface area (TPSA) is 66.4 Å². The van der Waals surface area contributed by atoms with Gasteiger partial charge in [-0.05, 0) is 51.1 Å². The Labute approximate surface area is 186 Å². The summed E-state index contributed by atoms with van der Waals surface area (Å²) in [7, 11) is 0. The number of aliphatic imine (C=N–C) groups is 1. The standard InChI is InChI=1S/C21H21N3O.C3H6BrN/c1-3-15(2)13-22-19-11-7-6-10-18(19)21(25)24-20-12-16-8-4-5-9-17(16)14-23-20;1-3(4)5-2/h3-12,14,22H,13H2,1-2H3,(H,23,24,25);3H,2H2,1H3/b15-3+;. The molecule has 0 spiro atoms. The van der Waals surface area contributed by atoms with E-state index in [1.54, 1.807) is 6.20 Å². The highest BCUT2D eigenvalue weighted by Gasteiger charge is 2.12. The van der Waals surface area contributed by atoms with Gasteiger partial charge in [0.1, 0.15) is 10.8 Å². The fraction of sp³-hybridized carbons (Fsp3) is 0.208. The van der Waals surface area contributed by atoms with Crippen molar-refractivity contribution < 1.29 is 4.79 Å². The number of carbonyl (C=O) groups excluding carboxylic acids is 1. The molecule has 1 unspecified atom stereocenters. The van der Waals surface area contributed by atoms with E-state index >= 15 is 0 Å². The average Bonchev–Trinajstić information content (AvgIpc) is 2.77. The maximum Gasteiger partial charge on any atom is 0.258 e. The van der Waals surface area contributed by atoms with Gasteiger partial charge >= 0.3 is 0 Å². The van der Waals surface area contributed by atoms with Crippen molar-refractivity contribution in [1.29, 1.82) is 0 Å². The quantitative estimate of drug-likeness (QED) is 0.194. The molecule has 3 aromatic rings. The van der Waals surface area contributed by atoms with Crippen molar-refractivity contribution in [3.63, 3.8) is 0 Å². The Morgan fingerprint density at radius 2 is 1.83 bits per heavy atom. The van der Waals surface area contributed by atoms with Crippen LogP contribution in [0.15, 0.2) is 77.4 Å². The van der Waals surface area contributed by atoms with Crippen molar-refractivity contribution >= 4 is 50.8 Å². The number of rotatable bonds is 6. The SMILES string of the molecule is C/C=C(\C)CNc1ccccc1C(=O)Nc1cc2ccccc2cn1.C=NC(C)Br. The molecule has 2 N–H and O–H groups in total. The summed E-state index contributed by atoms with van der Waals surface area (Å²) in [5, 5.41) is 8.29. The zero-order chi connectivity index (χ0) is 21.9. The van der Waals surface area contributed by atoms with Crippen LogP contribution >= 0.6 is 15.9 Å². The summed E-state index contributed by atoms with van der Waals surface area (Å²) in [5.74, 6) is 0.368. The van der Waals surface area contributed by atoms with Gasteiger partial charge < -0.3 is 10.6 Å². The molecule has 0 aliphatic heterocycles. The van der Waals surface area contributed by atoms with E-state index in [2.05, 4.69) is 56.3 Å². The summed E-state index contributed by atoms with van der Waals surface area (Å²) < 4.78 is 0. The Bertz CT molecular complexity index is 1030. The number of hydrogen-bond acceptors (Lipinski definition) is 4. The molecule has 0 aliphatic carbocycles. The maximum atomic E-state index is 12.7. The highest BCUT2D eigenvalue weighted by Crippen LogP contribution is 2.19. The zero-order valence-electron chi connectivity index (χ0n) is 17.5. The summed E-state index contributed by atoms with van der Waals surface area (Å²) in [5.41, 5.74) is 2.62. The molecule has 5 nitrogen and oxygen atoms in total. The first-order chi connectivity index (χ1) is 14.4. The van der Waals surface area contributed by atoms with Crippen LogP contribution < -0.4 is 10.6 Å². The minimum absolute atomic E-state index is 0.177. The van der Waals surface area contributed by atoms with Gasteiger partial charge in [-0.2, -0.15) is 0 Å². The van der Waals surface area contributed by atoms with Crippen molar-refractivity contribution in [3.05, 3.63) is 78.0 Å². The lowest BCUT2D eigenvalue weighted by molar-refractivity contribution is 0.102. The predicted octanol–water partition coefficient (Wildman–Crippen LogP) is 6.29. The summed E-state index contributed by atoms with van der Waals surface area (Å²) >= 11 is 3.14. The van der Waals surface area contributed by atoms with E-state index in [1.807, 2.05) is 68.4 Å². The van der Waals surface area contributed by atoms with E-state index in [9.17, 15) is 4.79 Å². The first-order valence-electron chi connectivity index (χ1n) is 9.65. The number of carbonyl (C=O) groups is 1. The molecule has 1 aromatic heterocycles. The Balaban J connectivity index is 0.000000575. The van der Waals surface area contributed by atoms with Crippen molar-refractivity contribution in [1.82, 2.24) is 4.98 Å². The second kappa shape index (κ2) is 11.9. The molecule has 156 valence electrons. The number of hydrogen-bond donors (Lipinski definition) is 2. The second-order valence-electron chi connectivity index (χ2n) is 6.66. The number of alkyl halides is 1. The van der Waals surface area contributed by atoms with Gasteiger partial charge in [0, 0.05) is 23.8 Å². The first-order valence-corrected chi connectivity index (χ1v) is 10.6. The first kappa shape index (κ1) is 23.3. The van der Waals surface area contributed by atoms with E-state index in [0.717, 1.165) is 16.5 Å². The maximum absolute atomic E-state index is 12.7. The van der Waals surface area contributed by atoms with Gasteiger partial charge in [-0.3, -0.25) is 9.79 Å². The zero-order valence-corrected chi connectivity index (χ0v) is 19.1. The number of pyridine rings is 1. The molecule has 1 amide bonds. The lowest BCUT2D eigenvalue weighted by Gasteiger charge is -2.12. The number of nitrogens with zero attached hydrogens (tertiary/aromatic N) is 2. The van der Waals surface area contributed by atoms with Gasteiger partial charge in [-0.25, -0.2) is 4.98 Å². The number of amides is 1. The third-order valence-corrected chi connectivity index (χ3v) is 4.64. The molecule has 6 heteroatoms. The molecular weight excluding hydrogens is 440 g/mol. The van der Waals surface area contributed by atoms with E-state index in [-0.39, 0.29) is 10.9 Å². The molecule has 3 rings (SSSR count). The number of para-hydroxylation sites is 1. The van der Waals surface area contributed by atoms with Crippen LogP contribution in [-0.2, 0) is 0 Å². The molecule has 0 saturated carbocycles. The third-order valence-electron chi connectivity index (χ3n) is 4.35. The van der Waals surface area contributed by atoms with Crippen molar-refractivity contribution in [3.8, 4) is 0 Å². The number of allylic oxidation sites excluding steroid dienone is 1. The minimum Gasteiger partial charge on any atom is -0.381 e. The van der Waals surface area contributed by atoms with Gasteiger partial charge in [0.05, 0.1) is 5.56 Å². The third kappa shape index (κ3) is 7.12. The highest BCUT2D eigenvalue weighted by atomic mass is 79.9. The Morgan fingerprint density at radius 1 is 1.20 bits per heavy atom. The van der Waals surface area contributed by atoms with E-state index in [1.165, 1.54) is 5.57 Å². The van der Waals surface area contributed by atoms with Crippen LogP contribution in [0.4, 0.5) is 11.5 Å². The Hall–Kier alpha value is -2.99. The van der Waals surface area contributed by atoms with Crippen LogP contribution in [0, 0.1) is 0 Å². The fourth-order valence-electron chi connectivity index (χ4n) is 2.51. The van der Waals surface area contributed by atoms with Crippen LogP contribution in [0.2, 0.25) is 0 Å². The minimum atomic E-state index is -0.177. The fourth-order valence-corrected chi connectivity index (χ4v) is 2.51. The van der Waals surface area contributed by atoms with Crippen molar-refractivity contribution in [2.45, 2.75) is 25.7 Å². The number of aromatic nitrogens is 1. The van der Waals surface area contributed by atoms with Crippen LogP contribution in [0.3, 0.4) is 0 Å². The predicted molar refractivity (Wildman–Crippen MR) is 132 cm³/mol. The van der Waals surface area contributed by atoms with E-state index in [4.69, 9.17) is 0 Å². The summed E-state index contributed by atoms with van der Waals surface area (Å²) in [6, 6.07) is 17.3. The van der Waals surface area contributed by atoms with Crippen molar-refractivity contribution in [2.75, 3.05) is 17.2 Å². The molecule has 0 aliphatic rings. The lowest BCUT2D eigenvalue weighted by atomic mass is 10.1. The van der Waals surface area contributed by atoms with Gasteiger partial charge in [-0.1, -0.05) is 64.0 Å². The second-order valence-corrected chi connectivity index (χ2v) is 7.99. The van der Waals surface area contributed by atoms with Crippen LogP contribution in [-0.4, -0.2) is 29.1 Å². The van der Waals surface area contributed by atoms with Gasteiger partial charge in [0.2, 0.25) is 0 Å². The van der Waals surface area contributed by atoms with Gasteiger partial charge in [0.15, 0.2) is 0 Å². The Morgan fingerprint density at radius 3 is 2.50 bits per heavy atom. The number of anilines is 2. The Kier molecular flexibility index (Phi) is 9.22. The molecule has 30 heavy (non-hydrogen) atoms. The molecule has 0 bridgehead atoms. The highest BCUT2D eigenvalue weighted by molar-refractivity contribution is 9.09. The van der Waals surface area contributed by atoms with E-state index in [0.29, 0.717) is 17.9 Å². The van der Waals surface area contributed by atoms with Crippen LogP contribution in [0.25, 0.3) is 10.8 Å². The molecule has 1 atom stereocenters. The summed E-state index contributed by atoms with van der Waals surface area (Å²) in [4.78, 5) is 20.8. The molecule has 0 fully saturated rings. The van der Waals surface area contributed by atoms with E-state index < -0.39 is 0 Å². The van der Waals surface area contributed by atoms with Crippen molar-refractivity contribution in [2.24, 2.45) is 4.99 Å². The smallest absolute Gasteiger partial charge is 0.258 e. The number of fused-ring (bicyclic) bond motifs is 1. The molecule has 0 radical (unpaired) electrons. The average molecular weight is 467 g/mol.